The maximum atomic E-state index is 13.0. The van der Waals surface area contributed by atoms with Gasteiger partial charge in [-0.3, -0.25) is 0 Å². The number of anilines is 1. The lowest BCUT2D eigenvalue weighted by molar-refractivity contribution is 0.121. The highest BCUT2D eigenvalue weighted by atomic mass is 32.2. The van der Waals surface area contributed by atoms with Gasteiger partial charge < -0.3 is 9.64 Å². The number of sulfone groups is 2. The second-order valence-corrected chi connectivity index (χ2v) is 13.1. The monoisotopic (exact) mass is 515 g/mol. The summed E-state index contributed by atoms with van der Waals surface area (Å²) in [5.41, 5.74) is 3.05. The summed E-state index contributed by atoms with van der Waals surface area (Å²) in [5.74, 6) is -0.00537. The highest BCUT2D eigenvalue weighted by Crippen LogP contribution is 2.28. The summed E-state index contributed by atoms with van der Waals surface area (Å²) in [6.45, 7) is 6.47. The van der Waals surface area contributed by atoms with E-state index in [-0.39, 0.29) is 21.5 Å². The Kier molecular flexibility index (Phi) is 8.14. The zero-order valence-corrected chi connectivity index (χ0v) is 21.6. The van der Waals surface area contributed by atoms with Crippen molar-refractivity contribution in [1.82, 2.24) is 0 Å². The Morgan fingerprint density at radius 1 is 0.943 bits per heavy atom. The molecule has 4 rings (SSSR count). The Morgan fingerprint density at radius 2 is 1.63 bits per heavy atom. The van der Waals surface area contributed by atoms with Gasteiger partial charge in [-0.1, -0.05) is 42.8 Å². The molecule has 0 saturated carbocycles. The van der Waals surface area contributed by atoms with Gasteiger partial charge in [0.25, 0.3) is 0 Å². The molecule has 2 fully saturated rings. The normalized spacial score (nSPS) is 19.7. The van der Waals surface area contributed by atoms with Crippen LogP contribution in [-0.2, 0) is 24.4 Å². The zero-order valence-electron chi connectivity index (χ0n) is 19.9. The van der Waals surface area contributed by atoms with Gasteiger partial charge in [0.1, 0.15) is 0 Å². The first-order valence-corrected chi connectivity index (χ1v) is 15.3. The van der Waals surface area contributed by atoms with E-state index in [1.165, 1.54) is 29.7 Å². The minimum atomic E-state index is -3.66. The Hall–Kier alpha value is -2.42. The summed E-state index contributed by atoms with van der Waals surface area (Å²) < 4.78 is 57.2. The van der Waals surface area contributed by atoms with Crippen molar-refractivity contribution < 1.29 is 21.6 Å². The average Bonchev–Trinajstić information content (AvgIpc) is 3.12. The zero-order chi connectivity index (χ0) is 24.9. The third kappa shape index (κ3) is 6.42. The summed E-state index contributed by atoms with van der Waals surface area (Å²) in [5, 5.41) is 1.36. The molecule has 2 aliphatic rings. The van der Waals surface area contributed by atoms with E-state index in [2.05, 4.69) is 17.5 Å². The van der Waals surface area contributed by atoms with Crippen LogP contribution in [0.15, 0.2) is 75.9 Å². The molecule has 0 spiro atoms. The van der Waals surface area contributed by atoms with E-state index in [9.17, 15) is 16.8 Å². The van der Waals surface area contributed by atoms with E-state index in [0.29, 0.717) is 26.1 Å². The van der Waals surface area contributed by atoms with Gasteiger partial charge in [-0.05, 0) is 67.5 Å². The second-order valence-electron chi connectivity index (χ2n) is 9.26. The van der Waals surface area contributed by atoms with E-state index < -0.39 is 19.7 Å². The quantitative estimate of drug-likeness (QED) is 0.523. The van der Waals surface area contributed by atoms with Gasteiger partial charge in [-0.25, -0.2) is 16.8 Å². The molecule has 0 aliphatic carbocycles. The van der Waals surface area contributed by atoms with Crippen molar-refractivity contribution in [2.24, 2.45) is 5.92 Å². The van der Waals surface area contributed by atoms with Crippen LogP contribution in [0.25, 0.3) is 6.08 Å². The predicted molar refractivity (Wildman–Crippen MR) is 140 cm³/mol. The minimum Gasteiger partial charge on any atom is -0.381 e. The summed E-state index contributed by atoms with van der Waals surface area (Å²) in [4.78, 5) is 2.52. The summed E-state index contributed by atoms with van der Waals surface area (Å²) in [7, 11) is -7.17. The van der Waals surface area contributed by atoms with Gasteiger partial charge in [0.2, 0.25) is 0 Å². The average molecular weight is 516 g/mol. The first-order chi connectivity index (χ1) is 16.8. The smallest absolute Gasteiger partial charge is 0.199 e. The Morgan fingerprint density at radius 3 is 2.34 bits per heavy atom. The van der Waals surface area contributed by atoms with Crippen LogP contribution in [0.2, 0.25) is 0 Å². The first-order valence-electron chi connectivity index (χ1n) is 12.1. The lowest BCUT2D eigenvalue weighted by atomic mass is 10.0. The van der Waals surface area contributed by atoms with Gasteiger partial charge in [0, 0.05) is 30.8 Å². The lowest BCUT2D eigenvalue weighted by Gasteiger charge is -2.31. The fraction of sp³-hybridized carbons (Fsp3) is 0.407. The van der Waals surface area contributed by atoms with Crippen LogP contribution >= 0.6 is 0 Å². The molecular weight excluding hydrogens is 482 g/mol. The first kappa shape index (κ1) is 25.7. The van der Waals surface area contributed by atoms with E-state index in [1.54, 1.807) is 0 Å². The molecule has 6 nitrogen and oxygen atoms in total. The standard InChI is InChI=1S/C27H33NO5S2/c1-2-24-8-3-4-9-27(24)28-16-14-22(15-17-28)20-34(29,30)25-10-12-26(13-11-25)35(31,32)21-23-7-5-6-18-33-19-23/h2-4,8-13,20,23H,1,5-7,14-19,21H2. The second kappa shape index (κ2) is 11.1. The van der Waals surface area contributed by atoms with E-state index in [0.717, 1.165) is 49.2 Å². The highest BCUT2D eigenvalue weighted by molar-refractivity contribution is 7.94. The summed E-state index contributed by atoms with van der Waals surface area (Å²) >= 11 is 0. The van der Waals surface area contributed by atoms with Crippen molar-refractivity contribution in [3.63, 3.8) is 0 Å². The van der Waals surface area contributed by atoms with Crippen molar-refractivity contribution in [3.05, 3.63) is 71.7 Å². The van der Waals surface area contributed by atoms with Crippen molar-refractivity contribution in [2.75, 3.05) is 37.0 Å². The van der Waals surface area contributed by atoms with Crippen molar-refractivity contribution in [2.45, 2.75) is 41.9 Å². The fourth-order valence-electron chi connectivity index (χ4n) is 4.73. The molecule has 0 N–H and O–H groups in total. The SMILES string of the molecule is C=Cc1ccccc1N1CCC(=CS(=O)(=O)c2ccc(S(=O)(=O)CC3CCCCOC3)cc2)CC1. The molecule has 0 bridgehead atoms. The lowest BCUT2D eigenvalue weighted by Crippen LogP contribution is -2.31. The number of para-hydroxylation sites is 1. The van der Waals surface area contributed by atoms with Gasteiger partial charge >= 0.3 is 0 Å². The number of nitrogens with zero attached hydrogens (tertiary/aromatic N) is 1. The minimum absolute atomic E-state index is 0.0225. The number of ether oxygens (including phenoxy) is 1. The van der Waals surface area contributed by atoms with Crippen LogP contribution in [0.5, 0.6) is 0 Å². The molecule has 188 valence electrons. The molecule has 2 heterocycles. The number of piperidine rings is 1. The summed E-state index contributed by atoms with van der Waals surface area (Å²) in [6, 6.07) is 13.7. The number of hydrogen-bond acceptors (Lipinski definition) is 6. The Labute approximate surface area is 209 Å². The molecule has 2 aromatic carbocycles. The summed E-state index contributed by atoms with van der Waals surface area (Å²) in [6.07, 6.45) is 5.89. The molecule has 2 aromatic rings. The van der Waals surface area contributed by atoms with Crippen LogP contribution in [0.4, 0.5) is 5.69 Å². The van der Waals surface area contributed by atoms with Crippen molar-refractivity contribution in [1.29, 1.82) is 0 Å². The highest BCUT2D eigenvalue weighted by Gasteiger charge is 2.24. The fourth-order valence-corrected chi connectivity index (χ4v) is 7.69. The third-order valence-corrected chi connectivity index (χ3v) is 10.2. The van der Waals surface area contributed by atoms with Gasteiger partial charge in [0.05, 0.1) is 22.2 Å². The van der Waals surface area contributed by atoms with Crippen LogP contribution < -0.4 is 4.90 Å². The molecular formula is C27H33NO5S2. The molecule has 1 unspecified atom stereocenters. The van der Waals surface area contributed by atoms with E-state index in [4.69, 9.17) is 4.74 Å². The Balaban J connectivity index is 1.42. The molecule has 2 saturated heterocycles. The predicted octanol–water partition coefficient (Wildman–Crippen LogP) is 4.88. The van der Waals surface area contributed by atoms with Gasteiger partial charge in [-0.2, -0.15) is 0 Å². The maximum absolute atomic E-state index is 13.0. The van der Waals surface area contributed by atoms with Crippen LogP contribution in [0.3, 0.4) is 0 Å². The molecule has 0 amide bonds. The largest absolute Gasteiger partial charge is 0.381 e. The molecule has 2 aliphatic heterocycles. The van der Waals surface area contributed by atoms with Crippen LogP contribution in [0.1, 0.15) is 37.7 Å². The number of benzene rings is 2. The van der Waals surface area contributed by atoms with Crippen molar-refractivity contribution >= 4 is 31.4 Å². The van der Waals surface area contributed by atoms with E-state index in [1.807, 2.05) is 24.3 Å². The van der Waals surface area contributed by atoms with Crippen molar-refractivity contribution in [3.8, 4) is 0 Å². The molecule has 0 radical (unpaired) electrons. The van der Waals surface area contributed by atoms with E-state index >= 15 is 0 Å². The van der Waals surface area contributed by atoms with Gasteiger partial charge in [0.15, 0.2) is 19.7 Å². The number of hydrogen-bond donors (Lipinski definition) is 0. The third-order valence-electron chi connectivity index (χ3n) is 6.70. The number of rotatable bonds is 7. The van der Waals surface area contributed by atoms with Crippen LogP contribution in [-0.4, -0.2) is 48.9 Å². The van der Waals surface area contributed by atoms with Crippen LogP contribution in [0, 0.1) is 5.92 Å². The maximum Gasteiger partial charge on any atom is 0.199 e. The molecule has 35 heavy (non-hydrogen) atoms. The van der Waals surface area contributed by atoms with Gasteiger partial charge in [-0.15, -0.1) is 0 Å². The molecule has 8 heteroatoms. The topological polar surface area (TPSA) is 80.8 Å². The molecule has 1 atom stereocenters. The Bertz CT molecular complexity index is 1260. The molecule has 0 aromatic heterocycles.